The van der Waals surface area contributed by atoms with E-state index >= 15 is 0 Å². The van der Waals surface area contributed by atoms with E-state index in [-0.39, 0.29) is 47.8 Å². The maximum atomic E-state index is 14.2. The van der Waals surface area contributed by atoms with Crippen LogP contribution in [0.15, 0.2) is 30.3 Å². The van der Waals surface area contributed by atoms with Gasteiger partial charge in [0.05, 0.1) is 41.6 Å². The Morgan fingerprint density at radius 3 is 2.37 bits per heavy atom. The van der Waals surface area contributed by atoms with Crippen LogP contribution in [0, 0.1) is 25.2 Å². The fraction of sp³-hybridized carbons (Fsp3) is 0.410. The predicted molar refractivity (Wildman–Crippen MR) is 191 cm³/mol. The highest BCUT2D eigenvalue weighted by Crippen LogP contribution is 2.64. The van der Waals surface area contributed by atoms with Gasteiger partial charge in [-0.2, -0.15) is 5.26 Å². The minimum atomic E-state index is -1.30. The maximum absolute atomic E-state index is 14.2. The number of carbonyl (C=O) groups excluding carboxylic acids is 4. The van der Waals surface area contributed by atoms with Crippen LogP contribution < -0.4 is 18.9 Å². The number of phenols is 1. The number of benzene rings is 3. The number of hydrogen-bond donors (Lipinski definition) is 1. The van der Waals surface area contributed by atoms with Crippen molar-refractivity contribution >= 4 is 35.5 Å². The topological polar surface area (TPSA) is 168 Å². The summed E-state index contributed by atoms with van der Waals surface area (Å²) in [6.45, 7) is 4.55. The first-order valence-corrected chi connectivity index (χ1v) is 18.7. The van der Waals surface area contributed by atoms with Crippen molar-refractivity contribution < 1.29 is 48.0 Å². The Morgan fingerprint density at radius 1 is 1.00 bits per heavy atom. The summed E-state index contributed by atoms with van der Waals surface area (Å²) in [6, 6.07) is 6.63. The van der Waals surface area contributed by atoms with Crippen molar-refractivity contribution in [3.05, 3.63) is 74.8 Å². The number of phenolic OH excluding ortho intramolecular Hbond substituents is 1. The summed E-state index contributed by atoms with van der Waals surface area (Å²) in [5.41, 5.74) is 4.38. The molecule has 0 radical (unpaired) electrons. The fourth-order valence-corrected chi connectivity index (χ4v) is 11.2. The van der Waals surface area contributed by atoms with Gasteiger partial charge in [0, 0.05) is 47.0 Å². The number of aromatic hydroxyl groups is 1. The average Bonchev–Trinajstić information content (AvgIpc) is 3.73. The van der Waals surface area contributed by atoms with E-state index in [1.165, 1.54) is 25.8 Å². The molecule has 7 aliphatic heterocycles. The molecule has 3 aromatic carbocycles. The lowest BCUT2D eigenvalue weighted by molar-refractivity contribution is -0.153. The van der Waals surface area contributed by atoms with E-state index in [9.17, 15) is 29.5 Å². The number of nitrogens with zero attached hydrogens (tertiary/aromatic N) is 4. The number of ether oxygens (including phenoxy) is 5. The molecule has 7 atom stereocenters. The van der Waals surface area contributed by atoms with E-state index in [0.29, 0.717) is 45.9 Å². The molecule has 14 nitrogen and oxygen atoms in total. The Balaban J connectivity index is 1.29. The lowest BCUT2D eigenvalue weighted by Crippen LogP contribution is -2.69. The number of rotatable bonds is 3. The summed E-state index contributed by atoms with van der Waals surface area (Å²) < 4.78 is 30.0. The number of hydrogen-bond acceptors (Lipinski definition) is 14. The molecule has 4 bridgehead atoms. The molecule has 1 unspecified atom stereocenters. The number of nitriles is 1. The summed E-state index contributed by atoms with van der Waals surface area (Å²) >= 11 is 1.29. The van der Waals surface area contributed by atoms with E-state index in [1.54, 1.807) is 31.2 Å². The van der Waals surface area contributed by atoms with Crippen LogP contribution in [0.1, 0.15) is 78.4 Å². The highest BCUT2D eigenvalue weighted by Gasteiger charge is 2.61. The van der Waals surface area contributed by atoms with Gasteiger partial charge in [-0.3, -0.25) is 29.1 Å². The number of amides is 2. The van der Waals surface area contributed by atoms with Gasteiger partial charge in [-0.25, -0.2) is 4.79 Å². The van der Waals surface area contributed by atoms with Gasteiger partial charge in [0.1, 0.15) is 24.4 Å². The zero-order chi connectivity index (χ0) is 37.9. The number of thioether (sulfide) groups is 1. The Morgan fingerprint density at radius 2 is 1.70 bits per heavy atom. The largest absolute Gasteiger partial charge is 0.504 e. The second-order valence-corrected chi connectivity index (χ2v) is 15.6. The molecule has 2 amide bonds. The third kappa shape index (κ3) is 4.59. The van der Waals surface area contributed by atoms with Crippen LogP contribution in [0.3, 0.4) is 0 Å². The molecule has 0 aliphatic carbocycles. The average molecular weight is 753 g/mol. The minimum Gasteiger partial charge on any atom is -0.504 e. The van der Waals surface area contributed by atoms with Gasteiger partial charge in [0.2, 0.25) is 6.79 Å². The van der Waals surface area contributed by atoms with E-state index in [1.807, 2.05) is 20.0 Å². The zero-order valence-corrected chi connectivity index (χ0v) is 30.9. The quantitative estimate of drug-likeness (QED) is 0.232. The van der Waals surface area contributed by atoms with Crippen LogP contribution >= 0.6 is 11.8 Å². The molecule has 3 aromatic rings. The number of imide groups is 1. The van der Waals surface area contributed by atoms with Gasteiger partial charge in [-0.15, -0.1) is 11.8 Å². The molecule has 0 spiro atoms. The van der Waals surface area contributed by atoms with Gasteiger partial charge in [0.15, 0.2) is 23.0 Å². The summed E-state index contributed by atoms with van der Waals surface area (Å²) in [4.78, 5) is 59.7. The van der Waals surface area contributed by atoms with Gasteiger partial charge in [0.25, 0.3) is 11.8 Å². The summed E-state index contributed by atoms with van der Waals surface area (Å²) in [5, 5.41) is 22.3. The van der Waals surface area contributed by atoms with E-state index in [0.717, 1.165) is 16.0 Å². The van der Waals surface area contributed by atoms with Crippen molar-refractivity contribution in [1.82, 2.24) is 14.7 Å². The van der Waals surface area contributed by atoms with Crippen LogP contribution in [0.5, 0.6) is 28.7 Å². The molecule has 0 saturated carbocycles. The van der Waals surface area contributed by atoms with Crippen molar-refractivity contribution in [2.45, 2.75) is 68.7 Å². The zero-order valence-electron chi connectivity index (χ0n) is 30.1. The van der Waals surface area contributed by atoms with E-state index in [4.69, 9.17) is 23.7 Å². The number of piperazine rings is 1. The van der Waals surface area contributed by atoms with Gasteiger partial charge in [-0.1, -0.05) is 18.2 Å². The third-order valence-corrected chi connectivity index (χ3v) is 13.2. The molecule has 1 N–H and O–H groups in total. The molecule has 7 aliphatic rings. The monoisotopic (exact) mass is 752 g/mol. The van der Waals surface area contributed by atoms with Crippen molar-refractivity contribution in [1.29, 1.82) is 5.26 Å². The Labute approximate surface area is 314 Å². The van der Waals surface area contributed by atoms with Crippen LogP contribution in [-0.2, 0) is 20.7 Å². The lowest BCUT2D eigenvalue weighted by atomic mass is 9.71. The molecular formula is C39H36N4O10S. The van der Waals surface area contributed by atoms with E-state index < -0.39 is 59.2 Å². The molecule has 2 saturated heterocycles. The highest BCUT2D eigenvalue weighted by molar-refractivity contribution is 7.99. The standard InChI is InChI=1S/C39H36N4O10S/c1-16-10-19-11-22-23(12-40)42-24-13-50-39(48)25(43-37(46)20-8-6-7-9-21(20)38(43)47)14-54-36(30(42)29(41(22)4)26(19)31(45)32(16)49-5)28-27(24)35-34(51-15-52-35)17(2)33(28)53-18(3)44/h6-10,22-25,29-30,36,45H,11,13-15H2,1-5H3/t22-,23-,24+,25-,29+,30?,36+/m0/s1. The molecule has 15 heteroatoms. The van der Waals surface area contributed by atoms with Crippen LogP contribution in [0.25, 0.3) is 0 Å². The second kappa shape index (κ2) is 12.4. The van der Waals surface area contributed by atoms with E-state index in [2.05, 4.69) is 15.9 Å². The fourth-order valence-electron chi connectivity index (χ4n) is 9.63. The van der Waals surface area contributed by atoms with Crippen LogP contribution in [0.2, 0.25) is 0 Å². The van der Waals surface area contributed by atoms with Crippen LogP contribution in [-0.4, -0.2) is 101 Å². The van der Waals surface area contributed by atoms with Crippen molar-refractivity contribution in [3.63, 3.8) is 0 Å². The molecule has 2 fully saturated rings. The number of carbonyl (C=O) groups is 4. The molecule has 278 valence electrons. The number of likely N-dealkylation sites (N-methyl/N-ethyl adjacent to an activating group) is 1. The first kappa shape index (κ1) is 34.5. The van der Waals surface area contributed by atoms with Crippen LogP contribution in [0.4, 0.5) is 0 Å². The number of esters is 2. The van der Waals surface area contributed by atoms with Gasteiger partial charge in [-0.05, 0) is 50.6 Å². The summed E-state index contributed by atoms with van der Waals surface area (Å²) in [6.07, 6.45) is 0.450. The van der Waals surface area contributed by atoms with Crippen molar-refractivity contribution in [2.75, 3.05) is 33.3 Å². The molecule has 0 aromatic heterocycles. The van der Waals surface area contributed by atoms with Gasteiger partial charge >= 0.3 is 11.9 Å². The highest BCUT2D eigenvalue weighted by atomic mass is 32.2. The molecule has 10 rings (SSSR count). The lowest BCUT2D eigenvalue weighted by Gasteiger charge is -2.61. The third-order valence-electron chi connectivity index (χ3n) is 11.8. The Hall–Kier alpha value is -5.30. The van der Waals surface area contributed by atoms with Gasteiger partial charge < -0.3 is 28.8 Å². The second-order valence-electron chi connectivity index (χ2n) is 14.4. The SMILES string of the molecule is COc1c(C)cc2c(c1O)[C@@H]1C3[C@@H]4SC[C@H](N5C(=O)c6ccccc6C5=O)C(=O)OC[C@H](c5c6c(c(C)c(OC(C)=O)c54)OCO6)N3[C@@H](C#N)[C@H](C2)N1C. The smallest absolute Gasteiger partial charge is 0.330 e. The predicted octanol–water partition coefficient (Wildman–Crippen LogP) is 3.90. The van der Waals surface area contributed by atoms with Crippen molar-refractivity contribution in [3.8, 4) is 34.8 Å². The molecule has 7 heterocycles. The Kier molecular flexibility index (Phi) is 7.90. The maximum Gasteiger partial charge on any atom is 0.330 e. The van der Waals surface area contributed by atoms with Crippen molar-refractivity contribution in [2.24, 2.45) is 0 Å². The number of fused-ring (bicyclic) bond motifs is 11. The number of aryl methyl sites for hydroxylation is 1. The Bertz CT molecular complexity index is 2220. The summed E-state index contributed by atoms with van der Waals surface area (Å²) in [7, 11) is 3.44. The molecule has 54 heavy (non-hydrogen) atoms. The number of methoxy groups -OCH3 is 1. The summed E-state index contributed by atoms with van der Waals surface area (Å²) in [5.74, 6) is -1.24. The normalized spacial score (nSPS) is 28.0. The first-order chi connectivity index (χ1) is 26.0. The first-order valence-electron chi connectivity index (χ1n) is 17.7. The molecular weight excluding hydrogens is 717 g/mol. The minimum absolute atomic E-state index is 0.00578.